The van der Waals surface area contributed by atoms with Gasteiger partial charge in [0.15, 0.2) is 0 Å². The van der Waals surface area contributed by atoms with Crippen molar-refractivity contribution in [3.8, 4) is 0 Å². The van der Waals surface area contributed by atoms with Crippen molar-refractivity contribution in [2.24, 2.45) is 5.73 Å². The lowest BCUT2D eigenvalue weighted by Gasteiger charge is -2.30. The van der Waals surface area contributed by atoms with Crippen LogP contribution < -0.4 is 5.73 Å². The van der Waals surface area contributed by atoms with Gasteiger partial charge in [0.2, 0.25) is 5.91 Å². The van der Waals surface area contributed by atoms with Gasteiger partial charge >= 0.3 is 0 Å². The Morgan fingerprint density at radius 3 is 2.88 bits per heavy atom. The summed E-state index contributed by atoms with van der Waals surface area (Å²) in [5, 5.41) is 2.90. The number of nitrogens with zero attached hydrogens (tertiary/aromatic N) is 2. The number of aryl methyl sites for hydroxylation is 1. The average Bonchev–Trinajstić information content (AvgIpc) is 2.65. The monoisotopic (exact) mass is 239 g/mol. The number of aromatic nitrogens is 1. The normalized spacial score (nSPS) is 17.8. The van der Waals surface area contributed by atoms with Crippen LogP contribution in [0.4, 0.5) is 0 Å². The van der Waals surface area contributed by atoms with Crippen LogP contribution in [0.1, 0.15) is 23.5 Å². The summed E-state index contributed by atoms with van der Waals surface area (Å²) in [4.78, 5) is 18.1. The molecule has 1 aliphatic heterocycles. The van der Waals surface area contributed by atoms with Crippen LogP contribution in [0.2, 0.25) is 0 Å². The summed E-state index contributed by atoms with van der Waals surface area (Å²) in [7, 11) is 0. The highest BCUT2D eigenvalue weighted by atomic mass is 32.1. The van der Waals surface area contributed by atoms with Crippen LogP contribution in [-0.2, 0) is 11.2 Å². The summed E-state index contributed by atoms with van der Waals surface area (Å²) in [5.41, 5.74) is 6.80. The van der Waals surface area contributed by atoms with Gasteiger partial charge in [-0.15, -0.1) is 11.3 Å². The molecule has 0 unspecified atom stereocenters. The van der Waals surface area contributed by atoms with Crippen LogP contribution in [0.5, 0.6) is 0 Å². The highest BCUT2D eigenvalue weighted by Crippen LogP contribution is 2.13. The molecule has 2 N–H and O–H groups in total. The molecule has 5 heteroatoms. The van der Waals surface area contributed by atoms with E-state index in [9.17, 15) is 4.79 Å². The van der Waals surface area contributed by atoms with E-state index in [-0.39, 0.29) is 11.9 Å². The molecule has 0 saturated carbocycles. The van der Waals surface area contributed by atoms with Gasteiger partial charge in [0.05, 0.1) is 6.42 Å². The number of hydrogen-bond donors (Lipinski definition) is 1. The van der Waals surface area contributed by atoms with E-state index in [0.29, 0.717) is 6.42 Å². The minimum atomic E-state index is 0.182. The maximum Gasteiger partial charge on any atom is 0.229 e. The molecule has 1 aromatic heterocycles. The first-order valence-electron chi connectivity index (χ1n) is 5.59. The molecule has 1 amide bonds. The van der Waals surface area contributed by atoms with Crippen molar-refractivity contribution in [3.05, 3.63) is 16.1 Å². The number of hydrogen-bond acceptors (Lipinski definition) is 4. The Morgan fingerprint density at radius 2 is 2.31 bits per heavy atom. The predicted octanol–water partition coefficient (Wildman–Crippen LogP) is 0.944. The molecule has 2 rings (SSSR count). The molecule has 4 nitrogen and oxygen atoms in total. The SMILES string of the molecule is Cc1csc(CC(=O)N2CCC(N)CC2)n1. The highest BCUT2D eigenvalue weighted by Gasteiger charge is 2.21. The van der Waals surface area contributed by atoms with E-state index >= 15 is 0 Å². The largest absolute Gasteiger partial charge is 0.342 e. The Bertz CT molecular complexity index is 369. The van der Waals surface area contributed by atoms with Crippen LogP contribution in [0.15, 0.2) is 5.38 Å². The van der Waals surface area contributed by atoms with Gasteiger partial charge in [-0.25, -0.2) is 4.98 Å². The van der Waals surface area contributed by atoms with E-state index in [2.05, 4.69) is 4.98 Å². The second kappa shape index (κ2) is 4.93. The topological polar surface area (TPSA) is 59.2 Å². The van der Waals surface area contributed by atoms with Gasteiger partial charge in [-0.1, -0.05) is 0 Å². The van der Waals surface area contributed by atoms with Crippen molar-refractivity contribution in [1.82, 2.24) is 9.88 Å². The quantitative estimate of drug-likeness (QED) is 0.835. The van der Waals surface area contributed by atoms with E-state index in [4.69, 9.17) is 5.73 Å². The lowest BCUT2D eigenvalue weighted by Crippen LogP contribution is -2.43. The maximum absolute atomic E-state index is 11.9. The van der Waals surface area contributed by atoms with Crippen molar-refractivity contribution in [2.45, 2.75) is 32.2 Å². The number of nitrogens with two attached hydrogens (primary N) is 1. The van der Waals surface area contributed by atoms with Gasteiger partial charge in [0, 0.05) is 30.2 Å². The zero-order valence-corrected chi connectivity index (χ0v) is 10.3. The van der Waals surface area contributed by atoms with Gasteiger partial charge < -0.3 is 10.6 Å². The highest BCUT2D eigenvalue weighted by molar-refractivity contribution is 7.09. The summed E-state index contributed by atoms with van der Waals surface area (Å²) in [5.74, 6) is 0.182. The average molecular weight is 239 g/mol. The molecule has 2 heterocycles. The Morgan fingerprint density at radius 1 is 1.62 bits per heavy atom. The van der Waals surface area contributed by atoms with E-state index in [1.54, 1.807) is 11.3 Å². The van der Waals surface area contributed by atoms with Gasteiger partial charge in [-0.3, -0.25) is 4.79 Å². The number of carbonyl (C=O) groups is 1. The first kappa shape index (κ1) is 11.5. The summed E-state index contributed by atoms with van der Waals surface area (Å²) < 4.78 is 0. The number of rotatable bonds is 2. The van der Waals surface area contributed by atoms with Gasteiger partial charge in [0.25, 0.3) is 0 Å². The molecule has 0 radical (unpaired) electrons. The van der Waals surface area contributed by atoms with Crippen molar-refractivity contribution < 1.29 is 4.79 Å². The molecule has 1 aromatic rings. The molecule has 1 fully saturated rings. The van der Waals surface area contributed by atoms with Crippen molar-refractivity contribution >= 4 is 17.2 Å². The Hall–Kier alpha value is -0.940. The van der Waals surface area contributed by atoms with Crippen LogP contribution in [0.3, 0.4) is 0 Å². The number of carbonyl (C=O) groups excluding carboxylic acids is 1. The molecule has 0 aromatic carbocycles. The zero-order chi connectivity index (χ0) is 11.5. The fourth-order valence-corrected chi connectivity index (χ4v) is 2.64. The number of piperidine rings is 1. The molecule has 0 bridgehead atoms. The van der Waals surface area contributed by atoms with E-state index in [1.165, 1.54) is 0 Å². The lowest BCUT2D eigenvalue weighted by atomic mass is 10.1. The van der Waals surface area contributed by atoms with E-state index in [0.717, 1.165) is 36.6 Å². The van der Waals surface area contributed by atoms with Crippen LogP contribution in [-0.4, -0.2) is 34.9 Å². The van der Waals surface area contributed by atoms with Gasteiger partial charge in [-0.2, -0.15) is 0 Å². The molecule has 16 heavy (non-hydrogen) atoms. The molecule has 1 saturated heterocycles. The fraction of sp³-hybridized carbons (Fsp3) is 0.636. The Kier molecular flexibility index (Phi) is 3.56. The fourth-order valence-electron chi connectivity index (χ4n) is 1.87. The summed E-state index contributed by atoms with van der Waals surface area (Å²) >= 11 is 1.56. The smallest absolute Gasteiger partial charge is 0.229 e. The number of thiazole rings is 1. The third-order valence-electron chi connectivity index (χ3n) is 2.86. The van der Waals surface area contributed by atoms with E-state index < -0.39 is 0 Å². The molecule has 0 aliphatic carbocycles. The first-order chi connectivity index (χ1) is 7.65. The van der Waals surface area contributed by atoms with Crippen molar-refractivity contribution in [2.75, 3.05) is 13.1 Å². The molecular formula is C11H17N3OS. The zero-order valence-electron chi connectivity index (χ0n) is 9.48. The van der Waals surface area contributed by atoms with Crippen LogP contribution in [0.25, 0.3) is 0 Å². The molecule has 0 atom stereocenters. The lowest BCUT2D eigenvalue weighted by molar-refractivity contribution is -0.131. The van der Waals surface area contributed by atoms with Crippen LogP contribution in [0, 0.1) is 6.92 Å². The standard InChI is InChI=1S/C11H17N3OS/c1-8-7-16-10(13-8)6-11(15)14-4-2-9(12)3-5-14/h7,9H,2-6,12H2,1H3. The Labute approximate surface area is 99.5 Å². The summed E-state index contributed by atoms with van der Waals surface area (Å²) in [6.07, 6.45) is 2.28. The predicted molar refractivity (Wildman–Crippen MR) is 64.3 cm³/mol. The second-order valence-electron chi connectivity index (χ2n) is 4.28. The van der Waals surface area contributed by atoms with Gasteiger partial charge in [0.1, 0.15) is 5.01 Å². The van der Waals surface area contributed by atoms with Crippen LogP contribution >= 0.6 is 11.3 Å². The summed E-state index contributed by atoms with van der Waals surface area (Å²) in [6.45, 7) is 3.54. The summed E-state index contributed by atoms with van der Waals surface area (Å²) in [6, 6.07) is 0.270. The Balaban J connectivity index is 1.88. The number of amides is 1. The number of likely N-dealkylation sites (tertiary alicyclic amines) is 1. The van der Waals surface area contributed by atoms with Crippen molar-refractivity contribution in [1.29, 1.82) is 0 Å². The molecule has 0 spiro atoms. The molecule has 88 valence electrons. The second-order valence-corrected chi connectivity index (χ2v) is 5.22. The molecular weight excluding hydrogens is 222 g/mol. The minimum absolute atomic E-state index is 0.182. The molecule has 1 aliphatic rings. The van der Waals surface area contributed by atoms with E-state index in [1.807, 2.05) is 17.2 Å². The third kappa shape index (κ3) is 2.80. The van der Waals surface area contributed by atoms with Crippen molar-refractivity contribution in [3.63, 3.8) is 0 Å². The van der Waals surface area contributed by atoms with Gasteiger partial charge in [-0.05, 0) is 19.8 Å². The maximum atomic E-state index is 11.9. The first-order valence-corrected chi connectivity index (χ1v) is 6.47. The minimum Gasteiger partial charge on any atom is -0.342 e. The third-order valence-corrected chi connectivity index (χ3v) is 3.83.